The molecule has 7 N–H and O–H groups in total. The predicted molar refractivity (Wildman–Crippen MR) is 89.5 cm³/mol. The molecule has 2 aliphatic heterocycles. The molecule has 1 fully saturated rings. The molecule has 0 radical (unpaired) electrons. The van der Waals surface area contributed by atoms with Gasteiger partial charge in [0.2, 0.25) is 18.0 Å². The minimum absolute atomic E-state index is 0.680. The highest BCUT2D eigenvalue weighted by Crippen LogP contribution is 2.30. The molecule has 8 atom stereocenters. The van der Waals surface area contributed by atoms with Gasteiger partial charge in [-0.3, -0.25) is 9.35 Å². The Morgan fingerprint density at radius 3 is 2.37 bits per heavy atom. The fraction of sp³-hybridized carbons (Fsp3) is 0.714. The first-order valence-corrected chi connectivity index (χ1v) is 9.71. The van der Waals surface area contributed by atoms with E-state index in [1.165, 1.54) is 0 Å². The molecule has 1 saturated heterocycles. The van der Waals surface area contributed by atoms with Crippen LogP contribution in [0.25, 0.3) is 0 Å². The van der Waals surface area contributed by atoms with Crippen LogP contribution >= 0.6 is 0 Å². The molecule has 0 aromatic heterocycles. The lowest BCUT2D eigenvalue weighted by atomic mass is 9.96. The number of aliphatic hydroxyl groups is 4. The van der Waals surface area contributed by atoms with Gasteiger partial charge < -0.3 is 45.1 Å². The van der Waals surface area contributed by atoms with Crippen LogP contribution in [0.3, 0.4) is 0 Å². The first-order chi connectivity index (χ1) is 13.8. The zero-order valence-corrected chi connectivity index (χ0v) is 16.1. The van der Waals surface area contributed by atoms with Gasteiger partial charge in [0.15, 0.2) is 6.29 Å². The van der Waals surface area contributed by atoms with Gasteiger partial charge in [-0.15, -0.1) is 0 Å². The number of amides is 1. The van der Waals surface area contributed by atoms with Crippen LogP contribution in [0.15, 0.2) is 11.8 Å². The number of carboxylic acids is 1. The number of carbonyl (C=O) groups is 2. The largest absolute Gasteiger partial charge is 0.475 e. The molecule has 30 heavy (non-hydrogen) atoms. The van der Waals surface area contributed by atoms with Crippen LogP contribution < -0.4 is 5.32 Å². The molecule has 1 amide bonds. The lowest BCUT2D eigenvalue weighted by Gasteiger charge is -2.45. The van der Waals surface area contributed by atoms with Crippen LogP contribution in [-0.2, 0) is 38.4 Å². The molecular formula is C14H21NO14S. The van der Waals surface area contributed by atoms with Crippen LogP contribution in [0.5, 0.6) is 0 Å². The van der Waals surface area contributed by atoms with Crippen molar-refractivity contribution in [1.29, 1.82) is 0 Å². The molecule has 2 heterocycles. The topological polar surface area (TPSA) is 239 Å². The van der Waals surface area contributed by atoms with Gasteiger partial charge in [0.1, 0.15) is 36.6 Å². The van der Waals surface area contributed by atoms with Gasteiger partial charge in [-0.1, -0.05) is 0 Å². The highest BCUT2D eigenvalue weighted by Gasteiger charge is 2.51. The van der Waals surface area contributed by atoms with Crippen molar-refractivity contribution in [2.45, 2.75) is 56.1 Å². The van der Waals surface area contributed by atoms with Gasteiger partial charge >= 0.3 is 16.4 Å². The zero-order valence-electron chi connectivity index (χ0n) is 15.3. The summed E-state index contributed by atoms with van der Waals surface area (Å²) in [6, 6.07) is -1.59. The van der Waals surface area contributed by atoms with Crippen molar-refractivity contribution in [3.63, 3.8) is 0 Å². The Kier molecular flexibility index (Phi) is 7.72. The summed E-state index contributed by atoms with van der Waals surface area (Å²) in [7, 11) is -5.18. The van der Waals surface area contributed by atoms with Crippen molar-refractivity contribution in [3.8, 4) is 0 Å². The van der Waals surface area contributed by atoms with E-state index in [0.29, 0.717) is 6.08 Å². The first kappa shape index (κ1) is 24.4. The van der Waals surface area contributed by atoms with Gasteiger partial charge in [-0.05, 0) is 6.08 Å². The van der Waals surface area contributed by atoms with Crippen molar-refractivity contribution in [3.05, 3.63) is 11.8 Å². The molecule has 16 heteroatoms. The second kappa shape index (κ2) is 9.50. The second-order valence-corrected chi connectivity index (χ2v) is 7.41. The van der Waals surface area contributed by atoms with E-state index in [2.05, 4.69) is 9.50 Å². The summed E-state index contributed by atoms with van der Waals surface area (Å²) in [6.45, 7) is 0.0857. The van der Waals surface area contributed by atoms with Gasteiger partial charge in [-0.2, -0.15) is 8.42 Å². The van der Waals surface area contributed by atoms with Crippen molar-refractivity contribution in [1.82, 2.24) is 5.32 Å². The molecule has 0 aliphatic carbocycles. The number of ether oxygens (including phenoxy) is 3. The van der Waals surface area contributed by atoms with Crippen molar-refractivity contribution < 1.29 is 66.5 Å². The van der Waals surface area contributed by atoms with Crippen LogP contribution in [-0.4, -0.2) is 106 Å². The summed E-state index contributed by atoms with van der Waals surface area (Å²) < 4.78 is 51.3. The summed E-state index contributed by atoms with van der Waals surface area (Å²) in [4.78, 5) is 22.6. The number of carbonyl (C=O) groups excluding carboxylic acids is 1. The van der Waals surface area contributed by atoms with E-state index >= 15 is 0 Å². The van der Waals surface area contributed by atoms with E-state index in [4.69, 9.17) is 23.9 Å². The Labute approximate surface area is 169 Å². The third-order valence-electron chi connectivity index (χ3n) is 4.14. The molecule has 2 unspecified atom stereocenters. The predicted octanol–water partition coefficient (Wildman–Crippen LogP) is -4.18. The summed E-state index contributed by atoms with van der Waals surface area (Å²) in [5.74, 6) is -3.19. The highest BCUT2D eigenvalue weighted by molar-refractivity contribution is 7.80. The molecule has 2 aliphatic rings. The highest BCUT2D eigenvalue weighted by atomic mass is 32.3. The smallest absolute Gasteiger partial charge is 0.397 e. The van der Waals surface area contributed by atoms with E-state index in [0.717, 1.165) is 6.92 Å². The minimum atomic E-state index is -5.18. The normalized spacial score (nSPS) is 37.1. The minimum Gasteiger partial charge on any atom is -0.475 e. The molecule has 0 aromatic rings. The fourth-order valence-electron chi connectivity index (χ4n) is 2.91. The fourth-order valence-corrected chi connectivity index (χ4v) is 3.42. The molecule has 0 spiro atoms. The number of nitrogens with one attached hydrogen (secondary N) is 1. The molecule has 172 valence electrons. The number of hydrogen-bond acceptors (Lipinski definition) is 12. The first-order valence-electron chi connectivity index (χ1n) is 8.34. The molecule has 0 saturated carbocycles. The maximum absolute atomic E-state index is 11.5. The number of hydrogen-bond donors (Lipinski definition) is 7. The van der Waals surface area contributed by atoms with Crippen molar-refractivity contribution in [2.24, 2.45) is 0 Å². The lowest BCUT2D eigenvalue weighted by molar-refractivity contribution is -0.298. The quantitative estimate of drug-likeness (QED) is 0.179. The third-order valence-corrected chi connectivity index (χ3v) is 4.61. The maximum Gasteiger partial charge on any atom is 0.397 e. The average molecular weight is 459 g/mol. The summed E-state index contributed by atoms with van der Waals surface area (Å²) >= 11 is 0. The van der Waals surface area contributed by atoms with E-state index in [1.54, 1.807) is 0 Å². The van der Waals surface area contributed by atoms with Crippen LogP contribution in [0.1, 0.15) is 6.92 Å². The molecule has 2 rings (SSSR count). The SMILES string of the molecule is CC(=O)N[C@H]1C(O)O[C@H](CO)[C@H](OS(=O)(=O)O)[C@@H]1OC1OC(C(=O)O)=C[C@H](O)[C@H]1O. The van der Waals surface area contributed by atoms with Crippen molar-refractivity contribution in [2.75, 3.05) is 6.61 Å². The monoisotopic (exact) mass is 459 g/mol. The Morgan fingerprint density at radius 2 is 1.87 bits per heavy atom. The standard InChI is InChI=1S/C14H21NO14S/c1-4(17)15-8-11(10(29-30(23,24)25)7(3-16)26-13(8)22)28-14-9(19)5(18)2-6(27-14)12(20)21/h2,5,7-11,13-14,16,18-19,22H,3H2,1H3,(H,15,17)(H,20,21)(H,23,24,25)/t5-,7+,8+,9+,10-,11+,13?,14?/m0/s1. The van der Waals surface area contributed by atoms with Gasteiger partial charge in [0, 0.05) is 6.92 Å². The van der Waals surface area contributed by atoms with E-state index in [-0.39, 0.29) is 0 Å². The lowest BCUT2D eigenvalue weighted by Crippen LogP contribution is -2.67. The Bertz CT molecular complexity index is 784. The van der Waals surface area contributed by atoms with Gasteiger partial charge in [0.05, 0.1) is 6.61 Å². The number of aliphatic carboxylic acids is 1. The molecule has 0 aromatic carbocycles. The Hall–Kier alpha value is -1.89. The zero-order chi connectivity index (χ0) is 22.8. The number of rotatable bonds is 7. The van der Waals surface area contributed by atoms with Crippen molar-refractivity contribution >= 4 is 22.3 Å². The average Bonchev–Trinajstić information content (AvgIpc) is 2.61. The molecular weight excluding hydrogens is 438 g/mol. The van der Waals surface area contributed by atoms with E-state index in [9.17, 15) is 38.4 Å². The summed E-state index contributed by atoms with van der Waals surface area (Å²) in [5.41, 5.74) is 0. The van der Waals surface area contributed by atoms with E-state index < -0.39 is 83.8 Å². The van der Waals surface area contributed by atoms with Gasteiger partial charge in [-0.25, -0.2) is 8.98 Å². The van der Waals surface area contributed by atoms with Crippen LogP contribution in [0, 0.1) is 0 Å². The van der Waals surface area contributed by atoms with Crippen LogP contribution in [0.4, 0.5) is 0 Å². The Balaban J connectivity index is 2.41. The second-order valence-electron chi connectivity index (χ2n) is 6.37. The third kappa shape index (κ3) is 5.84. The Morgan fingerprint density at radius 1 is 1.23 bits per heavy atom. The number of carboxylic acid groups (broad SMARTS) is 1. The number of aliphatic hydroxyl groups excluding tert-OH is 4. The summed E-state index contributed by atoms with van der Waals surface area (Å²) in [5, 5.41) is 50.7. The molecule has 15 nitrogen and oxygen atoms in total. The van der Waals surface area contributed by atoms with E-state index in [1.807, 2.05) is 0 Å². The maximum atomic E-state index is 11.5. The van der Waals surface area contributed by atoms with Crippen LogP contribution in [0.2, 0.25) is 0 Å². The summed E-state index contributed by atoms with van der Waals surface area (Å²) in [6.07, 6.45) is -12.1. The van der Waals surface area contributed by atoms with Gasteiger partial charge in [0.25, 0.3) is 0 Å². The molecule has 0 bridgehead atoms.